The molecule has 1 heterocycles. The number of fused-ring (bicyclic) bond motifs is 1. The molecule has 0 radical (unpaired) electrons. The maximum Gasteiger partial charge on any atom is 0.128 e. The summed E-state index contributed by atoms with van der Waals surface area (Å²) in [5.74, 6) is 1.53. The molecule has 0 spiro atoms. The smallest absolute Gasteiger partial charge is 0.128 e. The Hall–Kier alpha value is -1.13. The largest absolute Gasteiger partial charge is 0.383 e. The third kappa shape index (κ3) is 3.22. The van der Waals surface area contributed by atoms with Crippen LogP contribution in [-0.4, -0.2) is 29.1 Å². The van der Waals surface area contributed by atoms with Crippen LogP contribution < -0.4 is 0 Å². The van der Waals surface area contributed by atoms with Gasteiger partial charge in [-0.3, -0.25) is 0 Å². The monoisotopic (exact) mass is 312 g/mol. The van der Waals surface area contributed by atoms with Crippen molar-refractivity contribution in [2.45, 2.75) is 33.2 Å². The number of rotatable bonds is 6. The van der Waals surface area contributed by atoms with E-state index in [1.807, 2.05) is 6.07 Å². The van der Waals surface area contributed by atoms with Crippen molar-refractivity contribution in [1.29, 1.82) is 0 Å². The molecule has 1 aromatic heterocycles. The predicted molar refractivity (Wildman–Crippen MR) is 84.6 cm³/mol. The molecule has 0 bridgehead atoms. The van der Waals surface area contributed by atoms with Gasteiger partial charge in [-0.15, -0.1) is 11.6 Å². The highest BCUT2D eigenvalue weighted by atomic mass is 35.5. The van der Waals surface area contributed by atoms with E-state index in [0.717, 1.165) is 11.3 Å². The molecule has 1 aromatic carbocycles. The molecule has 0 aliphatic heterocycles. The quantitative estimate of drug-likeness (QED) is 0.751. The van der Waals surface area contributed by atoms with Gasteiger partial charge in [-0.2, -0.15) is 0 Å². The number of alkyl halides is 1. The topological polar surface area (TPSA) is 27.1 Å². The minimum atomic E-state index is -0.225. The Balaban J connectivity index is 2.66. The molecule has 2 aromatic rings. The van der Waals surface area contributed by atoms with Crippen molar-refractivity contribution < 1.29 is 9.13 Å². The van der Waals surface area contributed by atoms with Gasteiger partial charge in [0.25, 0.3) is 0 Å². The van der Waals surface area contributed by atoms with Gasteiger partial charge in [0.15, 0.2) is 0 Å². The Bertz CT molecular complexity index is 624. The first-order chi connectivity index (χ1) is 9.99. The van der Waals surface area contributed by atoms with Gasteiger partial charge < -0.3 is 9.30 Å². The summed E-state index contributed by atoms with van der Waals surface area (Å²) in [6.45, 7) is 6.66. The Kier molecular flexibility index (Phi) is 5.22. The molecule has 0 amide bonds. The summed E-state index contributed by atoms with van der Waals surface area (Å²) in [5, 5.41) is 0. The van der Waals surface area contributed by atoms with Crippen molar-refractivity contribution in [1.82, 2.24) is 9.55 Å². The van der Waals surface area contributed by atoms with E-state index in [0.29, 0.717) is 35.9 Å². The normalized spacial score (nSPS) is 13.3. The SMILES string of the molecule is COCC(C(C)C)n1c(CCCl)nc2cc(F)c(C)cc21. The Morgan fingerprint density at radius 1 is 1.38 bits per heavy atom. The van der Waals surface area contributed by atoms with E-state index in [1.165, 1.54) is 6.07 Å². The van der Waals surface area contributed by atoms with E-state index < -0.39 is 0 Å². The lowest BCUT2D eigenvalue weighted by atomic mass is 10.0. The molecular weight excluding hydrogens is 291 g/mol. The molecule has 0 fully saturated rings. The standard InChI is InChI=1S/C16H22ClFN2O/c1-10(2)15(9-21-4)20-14-7-11(3)12(18)8-13(14)19-16(20)5-6-17/h7-8,10,15H,5-6,9H2,1-4H3. The van der Waals surface area contributed by atoms with Gasteiger partial charge >= 0.3 is 0 Å². The summed E-state index contributed by atoms with van der Waals surface area (Å²) in [4.78, 5) is 4.57. The van der Waals surface area contributed by atoms with Crippen molar-refractivity contribution in [2.75, 3.05) is 19.6 Å². The van der Waals surface area contributed by atoms with E-state index in [-0.39, 0.29) is 11.9 Å². The molecule has 1 unspecified atom stereocenters. The molecule has 2 rings (SSSR count). The van der Waals surface area contributed by atoms with Crippen LogP contribution in [0, 0.1) is 18.7 Å². The van der Waals surface area contributed by atoms with E-state index in [2.05, 4.69) is 23.4 Å². The van der Waals surface area contributed by atoms with Gasteiger partial charge in [-0.05, 0) is 24.5 Å². The molecule has 21 heavy (non-hydrogen) atoms. The number of halogens is 2. The fourth-order valence-corrected chi connectivity index (χ4v) is 2.81. The van der Waals surface area contributed by atoms with Gasteiger partial charge in [-0.25, -0.2) is 9.37 Å². The van der Waals surface area contributed by atoms with Crippen molar-refractivity contribution >= 4 is 22.6 Å². The third-order valence-corrected chi connectivity index (χ3v) is 3.99. The van der Waals surface area contributed by atoms with Gasteiger partial charge in [0.2, 0.25) is 0 Å². The maximum atomic E-state index is 13.8. The molecular formula is C16H22ClFN2O. The number of hydrogen-bond donors (Lipinski definition) is 0. The van der Waals surface area contributed by atoms with Gasteiger partial charge in [0, 0.05) is 25.5 Å². The second kappa shape index (κ2) is 6.75. The molecule has 0 saturated heterocycles. The summed E-state index contributed by atoms with van der Waals surface area (Å²) in [7, 11) is 1.70. The van der Waals surface area contributed by atoms with E-state index in [9.17, 15) is 4.39 Å². The zero-order valence-corrected chi connectivity index (χ0v) is 13.7. The fourth-order valence-electron chi connectivity index (χ4n) is 2.64. The number of nitrogens with zero attached hydrogens (tertiary/aromatic N) is 2. The first-order valence-electron chi connectivity index (χ1n) is 7.21. The van der Waals surface area contributed by atoms with E-state index >= 15 is 0 Å². The Morgan fingerprint density at radius 3 is 2.67 bits per heavy atom. The summed E-state index contributed by atoms with van der Waals surface area (Å²) < 4.78 is 21.3. The minimum Gasteiger partial charge on any atom is -0.383 e. The van der Waals surface area contributed by atoms with E-state index in [1.54, 1.807) is 14.0 Å². The zero-order chi connectivity index (χ0) is 15.6. The molecule has 5 heteroatoms. The van der Waals surface area contributed by atoms with Crippen LogP contribution in [0.4, 0.5) is 4.39 Å². The van der Waals surface area contributed by atoms with Gasteiger partial charge in [0.1, 0.15) is 11.6 Å². The van der Waals surface area contributed by atoms with Gasteiger partial charge in [0.05, 0.1) is 23.7 Å². The lowest BCUT2D eigenvalue weighted by Gasteiger charge is -2.24. The summed E-state index contributed by atoms with van der Waals surface area (Å²) in [6, 6.07) is 3.52. The number of methoxy groups -OCH3 is 1. The number of imidazole rings is 1. The number of hydrogen-bond acceptors (Lipinski definition) is 2. The van der Waals surface area contributed by atoms with Gasteiger partial charge in [-0.1, -0.05) is 13.8 Å². The summed E-state index contributed by atoms with van der Waals surface area (Å²) in [5.41, 5.74) is 2.26. The number of benzene rings is 1. The molecule has 0 aliphatic rings. The lowest BCUT2D eigenvalue weighted by molar-refractivity contribution is 0.133. The van der Waals surface area contributed by atoms with Crippen LogP contribution in [0.3, 0.4) is 0 Å². The molecule has 0 saturated carbocycles. The van der Waals surface area contributed by atoms with Crippen molar-refractivity contribution in [3.05, 3.63) is 29.3 Å². The summed E-state index contributed by atoms with van der Waals surface area (Å²) in [6.07, 6.45) is 0.657. The predicted octanol–water partition coefficient (Wildman–Crippen LogP) is 4.11. The van der Waals surface area contributed by atoms with Crippen molar-refractivity contribution in [3.8, 4) is 0 Å². The first kappa shape index (κ1) is 16.2. The first-order valence-corrected chi connectivity index (χ1v) is 7.74. The second-order valence-electron chi connectivity index (χ2n) is 5.69. The number of ether oxygens (including phenoxy) is 1. The Morgan fingerprint density at radius 2 is 2.10 bits per heavy atom. The third-order valence-electron chi connectivity index (χ3n) is 3.80. The molecule has 1 atom stereocenters. The average Bonchev–Trinajstić information content (AvgIpc) is 2.74. The fraction of sp³-hybridized carbons (Fsp3) is 0.562. The number of aryl methyl sites for hydroxylation is 2. The highest BCUT2D eigenvalue weighted by Gasteiger charge is 2.22. The molecule has 3 nitrogen and oxygen atoms in total. The Labute approximate surface area is 130 Å². The highest BCUT2D eigenvalue weighted by molar-refractivity contribution is 6.17. The molecule has 0 N–H and O–H groups in total. The zero-order valence-electron chi connectivity index (χ0n) is 13.0. The van der Waals surface area contributed by atoms with Crippen LogP contribution in [0.25, 0.3) is 11.0 Å². The van der Waals surface area contributed by atoms with Crippen LogP contribution in [0.1, 0.15) is 31.3 Å². The average molecular weight is 313 g/mol. The van der Waals surface area contributed by atoms with Crippen LogP contribution in [0.2, 0.25) is 0 Å². The van der Waals surface area contributed by atoms with Crippen molar-refractivity contribution in [3.63, 3.8) is 0 Å². The van der Waals surface area contributed by atoms with Crippen molar-refractivity contribution in [2.24, 2.45) is 5.92 Å². The number of aromatic nitrogens is 2. The lowest BCUT2D eigenvalue weighted by Crippen LogP contribution is -2.22. The maximum absolute atomic E-state index is 13.8. The second-order valence-corrected chi connectivity index (χ2v) is 6.07. The molecule has 116 valence electrons. The van der Waals surface area contributed by atoms with Crippen LogP contribution >= 0.6 is 11.6 Å². The summed E-state index contributed by atoms with van der Waals surface area (Å²) >= 11 is 5.90. The van der Waals surface area contributed by atoms with Crippen LogP contribution in [0.5, 0.6) is 0 Å². The molecule has 0 aliphatic carbocycles. The van der Waals surface area contributed by atoms with Crippen LogP contribution in [-0.2, 0) is 11.2 Å². The highest BCUT2D eigenvalue weighted by Crippen LogP contribution is 2.28. The minimum absolute atomic E-state index is 0.156. The van der Waals surface area contributed by atoms with E-state index in [4.69, 9.17) is 16.3 Å². The van der Waals surface area contributed by atoms with Crippen LogP contribution in [0.15, 0.2) is 12.1 Å².